The van der Waals surface area contributed by atoms with Crippen molar-refractivity contribution in [3.05, 3.63) is 36.3 Å². The molecule has 2 aromatic rings. The minimum absolute atomic E-state index is 0.0305. The average Bonchev–Trinajstić information content (AvgIpc) is 3.38. The SMILES string of the molecule is C[C@H](CO)N1C[C@H](C)[C@@H](CN(C)S(=O)(=O)c2cn(C)cn2)Oc2c(NC(=O)C3CCOCC3)cccc2C1=O. The van der Waals surface area contributed by atoms with E-state index in [1.807, 2.05) is 6.92 Å². The van der Waals surface area contributed by atoms with Crippen molar-refractivity contribution in [3.8, 4) is 5.75 Å². The number of aromatic nitrogens is 2. The molecule has 0 spiro atoms. The predicted octanol–water partition coefficient (Wildman–Crippen LogP) is 1.33. The zero-order valence-electron chi connectivity index (χ0n) is 22.7. The number of sulfonamides is 1. The van der Waals surface area contributed by atoms with Gasteiger partial charge in [-0.25, -0.2) is 13.4 Å². The summed E-state index contributed by atoms with van der Waals surface area (Å²) >= 11 is 0. The summed E-state index contributed by atoms with van der Waals surface area (Å²) in [6.45, 7) is 4.58. The summed E-state index contributed by atoms with van der Waals surface area (Å²) in [6, 6.07) is 4.46. The number of ether oxygens (including phenoxy) is 2. The molecule has 13 heteroatoms. The average molecular weight is 564 g/mol. The van der Waals surface area contributed by atoms with Crippen molar-refractivity contribution >= 4 is 27.5 Å². The number of nitrogens with zero attached hydrogens (tertiary/aromatic N) is 4. The first-order chi connectivity index (χ1) is 18.5. The van der Waals surface area contributed by atoms with Crippen molar-refractivity contribution < 1.29 is 32.6 Å². The molecule has 2 N–H and O–H groups in total. The number of aryl methyl sites for hydroxylation is 1. The van der Waals surface area contributed by atoms with E-state index in [0.29, 0.717) is 31.7 Å². The summed E-state index contributed by atoms with van der Waals surface area (Å²) in [6.07, 6.45) is 3.35. The monoisotopic (exact) mass is 563 g/mol. The van der Waals surface area contributed by atoms with Crippen LogP contribution in [0.4, 0.5) is 5.69 Å². The molecule has 214 valence electrons. The highest BCUT2D eigenvalue weighted by Crippen LogP contribution is 2.36. The van der Waals surface area contributed by atoms with Gasteiger partial charge in [-0.3, -0.25) is 9.59 Å². The second-order valence-electron chi connectivity index (χ2n) is 10.3. The number of aliphatic hydroxyl groups is 1. The van der Waals surface area contributed by atoms with Crippen molar-refractivity contribution in [1.82, 2.24) is 18.8 Å². The Hall–Kier alpha value is -3.00. The summed E-state index contributed by atoms with van der Waals surface area (Å²) in [4.78, 5) is 32.3. The topological polar surface area (TPSA) is 143 Å². The van der Waals surface area contributed by atoms with Gasteiger partial charge in [-0.2, -0.15) is 4.31 Å². The first-order valence-electron chi connectivity index (χ1n) is 13.1. The second kappa shape index (κ2) is 12.0. The molecule has 3 heterocycles. The Morgan fingerprint density at radius 2 is 2.03 bits per heavy atom. The van der Waals surface area contributed by atoms with Crippen molar-refractivity contribution in [2.24, 2.45) is 18.9 Å². The van der Waals surface area contributed by atoms with Crippen LogP contribution in [0.2, 0.25) is 0 Å². The van der Waals surface area contributed by atoms with Crippen LogP contribution < -0.4 is 10.1 Å². The van der Waals surface area contributed by atoms with Crippen molar-refractivity contribution in [2.45, 2.75) is 43.9 Å². The lowest BCUT2D eigenvalue weighted by molar-refractivity contribution is -0.122. The largest absolute Gasteiger partial charge is 0.486 e. The number of fused-ring (bicyclic) bond motifs is 1. The predicted molar refractivity (Wildman–Crippen MR) is 143 cm³/mol. The molecule has 0 saturated carbocycles. The van der Waals surface area contributed by atoms with E-state index in [-0.39, 0.29) is 59.7 Å². The Labute approximate surface area is 228 Å². The number of aliphatic hydroxyl groups excluding tert-OH is 1. The van der Waals surface area contributed by atoms with E-state index in [1.165, 1.54) is 23.9 Å². The number of para-hydroxylation sites is 1. The number of hydrogen-bond donors (Lipinski definition) is 2. The zero-order chi connectivity index (χ0) is 28.3. The molecular formula is C26H37N5O7S. The van der Waals surface area contributed by atoms with Crippen LogP contribution in [-0.2, 0) is 26.6 Å². The molecule has 2 amide bonds. The third-order valence-corrected chi connectivity index (χ3v) is 9.04. The van der Waals surface area contributed by atoms with Crippen molar-refractivity contribution in [2.75, 3.05) is 45.3 Å². The van der Waals surface area contributed by atoms with Gasteiger partial charge < -0.3 is 29.4 Å². The van der Waals surface area contributed by atoms with E-state index < -0.39 is 22.2 Å². The third kappa shape index (κ3) is 6.26. The number of hydrogen-bond acceptors (Lipinski definition) is 8. The molecule has 0 aliphatic carbocycles. The zero-order valence-corrected chi connectivity index (χ0v) is 23.6. The number of carbonyl (C=O) groups excluding carboxylic acids is 2. The highest BCUT2D eigenvalue weighted by atomic mass is 32.2. The Morgan fingerprint density at radius 1 is 1.31 bits per heavy atom. The summed E-state index contributed by atoms with van der Waals surface area (Å²) in [5, 5.41) is 12.7. The second-order valence-corrected chi connectivity index (χ2v) is 12.3. The number of imidazole rings is 1. The van der Waals surface area contributed by atoms with Crippen LogP contribution in [0.3, 0.4) is 0 Å². The van der Waals surface area contributed by atoms with Crippen LogP contribution in [0.5, 0.6) is 5.75 Å². The molecule has 1 aromatic heterocycles. The lowest BCUT2D eigenvalue weighted by atomic mass is 9.98. The Kier molecular flexibility index (Phi) is 8.94. The molecule has 1 saturated heterocycles. The standard InChI is InChI=1S/C26H37N5O7S/c1-17-12-31(18(2)15-32)26(34)20-6-5-7-21(28-25(33)19-8-10-37-11-9-19)24(20)38-22(17)13-30(4)39(35,36)23-14-29(3)16-27-23/h5-7,14,16-19,22,32H,8-13,15H2,1-4H3,(H,28,33)/t17-,18+,22+/m0/s1. The van der Waals surface area contributed by atoms with Gasteiger partial charge >= 0.3 is 0 Å². The molecule has 39 heavy (non-hydrogen) atoms. The molecule has 4 rings (SSSR count). The van der Waals surface area contributed by atoms with E-state index in [2.05, 4.69) is 10.3 Å². The van der Waals surface area contributed by atoms with Crippen molar-refractivity contribution in [1.29, 1.82) is 0 Å². The quantitative estimate of drug-likeness (QED) is 0.490. The first-order valence-corrected chi connectivity index (χ1v) is 14.5. The fraction of sp³-hybridized carbons (Fsp3) is 0.577. The van der Waals surface area contributed by atoms with E-state index >= 15 is 0 Å². The number of anilines is 1. The van der Waals surface area contributed by atoms with Gasteiger partial charge in [0.1, 0.15) is 6.10 Å². The maximum absolute atomic E-state index is 13.6. The highest BCUT2D eigenvalue weighted by Gasteiger charge is 2.37. The first kappa shape index (κ1) is 29.0. The maximum Gasteiger partial charge on any atom is 0.261 e. The molecule has 1 aromatic carbocycles. The number of carbonyl (C=O) groups is 2. The Morgan fingerprint density at radius 3 is 2.67 bits per heavy atom. The lowest BCUT2D eigenvalue weighted by Gasteiger charge is -2.38. The Balaban J connectivity index is 1.69. The molecule has 12 nitrogen and oxygen atoms in total. The molecule has 2 aliphatic rings. The number of likely N-dealkylation sites (N-methyl/N-ethyl adjacent to an activating group) is 1. The van der Waals surface area contributed by atoms with Crippen LogP contribution in [0, 0.1) is 11.8 Å². The van der Waals surface area contributed by atoms with Gasteiger partial charge in [0.25, 0.3) is 15.9 Å². The molecule has 0 unspecified atom stereocenters. The number of benzene rings is 1. The van der Waals surface area contributed by atoms with Gasteiger partial charge in [0.15, 0.2) is 10.8 Å². The maximum atomic E-state index is 13.6. The van der Waals surface area contributed by atoms with Gasteiger partial charge in [0.2, 0.25) is 5.91 Å². The fourth-order valence-electron chi connectivity index (χ4n) is 4.79. The van der Waals surface area contributed by atoms with Crippen LogP contribution in [0.1, 0.15) is 37.0 Å². The van der Waals surface area contributed by atoms with E-state index in [9.17, 15) is 23.1 Å². The highest BCUT2D eigenvalue weighted by molar-refractivity contribution is 7.89. The van der Waals surface area contributed by atoms with Crippen LogP contribution in [0.15, 0.2) is 35.7 Å². The van der Waals surface area contributed by atoms with Crippen LogP contribution >= 0.6 is 0 Å². The lowest BCUT2D eigenvalue weighted by Crippen LogP contribution is -2.50. The summed E-state index contributed by atoms with van der Waals surface area (Å²) < 4.78 is 41.0. The van der Waals surface area contributed by atoms with Crippen LogP contribution in [-0.4, -0.2) is 96.2 Å². The van der Waals surface area contributed by atoms with Gasteiger partial charge in [-0.1, -0.05) is 13.0 Å². The van der Waals surface area contributed by atoms with Crippen molar-refractivity contribution in [3.63, 3.8) is 0 Å². The minimum Gasteiger partial charge on any atom is -0.486 e. The summed E-state index contributed by atoms with van der Waals surface area (Å²) in [7, 11) is -0.765. The minimum atomic E-state index is -3.91. The molecule has 2 aliphatic heterocycles. The van der Waals surface area contributed by atoms with Gasteiger partial charge in [0.05, 0.1) is 36.8 Å². The number of amides is 2. The van der Waals surface area contributed by atoms with E-state index in [0.717, 1.165) is 0 Å². The molecule has 1 fully saturated rings. The van der Waals surface area contributed by atoms with E-state index in [1.54, 1.807) is 41.6 Å². The van der Waals surface area contributed by atoms with Crippen LogP contribution in [0.25, 0.3) is 0 Å². The van der Waals surface area contributed by atoms with Gasteiger partial charge in [-0.15, -0.1) is 0 Å². The molecule has 0 bridgehead atoms. The number of nitrogens with one attached hydrogen (secondary N) is 1. The fourth-order valence-corrected chi connectivity index (χ4v) is 5.93. The molecular weight excluding hydrogens is 526 g/mol. The van der Waals surface area contributed by atoms with Gasteiger partial charge in [-0.05, 0) is 31.9 Å². The summed E-state index contributed by atoms with van der Waals surface area (Å²) in [5.74, 6) is -0.901. The third-order valence-electron chi connectivity index (χ3n) is 7.33. The number of rotatable bonds is 8. The van der Waals surface area contributed by atoms with E-state index in [4.69, 9.17) is 9.47 Å². The smallest absolute Gasteiger partial charge is 0.261 e. The normalized spacial score (nSPS) is 21.6. The molecule has 0 radical (unpaired) electrons. The van der Waals surface area contributed by atoms with Gasteiger partial charge in [0, 0.05) is 51.9 Å². The molecule has 3 atom stereocenters. The Bertz CT molecular complexity index is 1290. The summed E-state index contributed by atoms with van der Waals surface area (Å²) in [5.41, 5.74) is 0.565.